The summed E-state index contributed by atoms with van der Waals surface area (Å²) in [5, 5.41) is 3.11. The molecule has 0 saturated heterocycles. The van der Waals surface area contributed by atoms with Crippen molar-refractivity contribution >= 4 is 5.69 Å². The molecule has 0 aliphatic heterocycles. The predicted molar refractivity (Wildman–Crippen MR) is 66.2 cm³/mol. The highest BCUT2D eigenvalue weighted by Crippen LogP contribution is 2.08. The molecule has 2 rings (SSSR count). The highest BCUT2D eigenvalue weighted by Gasteiger charge is 1.99. The number of anilines is 1. The number of hydrogen-bond acceptors (Lipinski definition) is 3. The first kappa shape index (κ1) is 11.2. The minimum absolute atomic E-state index is 0.367. The van der Waals surface area contributed by atoms with Crippen molar-refractivity contribution in [2.24, 2.45) is 0 Å². The van der Waals surface area contributed by atoms with Crippen LogP contribution >= 0.6 is 0 Å². The summed E-state index contributed by atoms with van der Waals surface area (Å²) in [6, 6.07) is 7.85. The van der Waals surface area contributed by atoms with Crippen LogP contribution in [0, 0.1) is 6.92 Å². The predicted octanol–water partition coefficient (Wildman–Crippen LogP) is 0.984. The quantitative estimate of drug-likeness (QED) is 0.737. The van der Waals surface area contributed by atoms with E-state index in [1.807, 2.05) is 31.2 Å². The monoisotopic (exact) mass is 231 g/mol. The molecule has 17 heavy (non-hydrogen) atoms. The maximum atomic E-state index is 11.4. The third-order valence-corrected chi connectivity index (χ3v) is 2.43. The van der Waals surface area contributed by atoms with Gasteiger partial charge in [-0.05, 0) is 19.1 Å². The zero-order chi connectivity index (χ0) is 12.3. The zero-order valence-corrected chi connectivity index (χ0v) is 9.41. The molecule has 2 aromatic rings. The minimum Gasteiger partial charge on any atom is -0.381 e. The Labute approximate surface area is 97.5 Å². The van der Waals surface area contributed by atoms with Crippen molar-refractivity contribution in [1.29, 1.82) is 0 Å². The number of benzene rings is 1. The van der Waals surface area contributed by atoms with E-state index in [0.29, 0.717) is 12.1 Å². The van der Waals surface area contributed by atoms with E-state index in [1.54, 1.807) is 0 Å². The molecule has 1 heterocycles. The van der Waals surface area contributed by atoms with Crippen molar-refractivity contribution < 1.29 is 0 Å². The van der Waals surface area contributed by atoms with Crippen LogP contribution in [0.3, 0.4) is 0 Å². The molecule has 0 aliphatic carbocycles. The van der Waals surface area contributed by atoms with Gasteiger partial charge in [0.05, 0.1) is 5.56 Å². The Hall–Kier alpha value is -2.30. The van der Waals surface area contributed by atoms with E-state index in [2.05, 4.69) is 15.3 Å². The maximum Gasteiger partial charge on any atom is 0.325 e. The van der Waals surface area contributed by atoms with Crippen LogP contribution in [0.2, 0.25) is 0 Å². The fourth-order valence-electron chi connectivity index (χ4n) is 1.44. The lowest BCUT2D eigenvalue weighted by atomic mass is 10.2. The number of rotatable bonds is 3. The molecule has 0 fully saturated rings. The number of hydrogen-bond donors (Lipinski definition) is 3. The van der Waals surface area contributed by atoms with Gasteiger partial charge < -0.3 is 10.3 Å². The molecular formula is C12H13N3O2. The standard InChI is InChI=1S/C12H13N3O2/c1-8-2-4-10(5-3-8)13-6-9-7-14-12(17)15-11(9)16/h2-5,7,13H,6H2,1H3,(H2,14,15,16,17). The lowest BCUT2D eigenvalue weighted by molar-refractivity contribution is 0.965. The number of H-pyrrole nitrogens is 2. The Balaban J connectivity index is 2.10. The lowest BCUT2D eigenvalue weighted by Crippen LogP contribution is -2.25. The molecule has 0 radical (unpaired) electrons. The van der Waals surface area contributed by atoms with Crippen LogP contribution in [0.4, 0.5) is 5.69 Å². The summed E-state index contributed by atoms with van der Waals surface area (Å²) in [5.41, 5.74) is 1.74. The first-order valence-electron chi connectivity index (χ1n) is 5.26. The fourth-order valence-corrected chi connectivity index (χ4v) is 1.44. The summed E-state index contributed by atoms with van der Waals surface area (Å²) >= 11 is 0. The fraction of sp³-hybridized carbons (Fsp3) is 0.167. The molecular weight excluding hydrogens is 218 g/mol. The highest BCUT2D eigenvalue weighted by atomic mass is 16.2. The second-order valence-corrected chi connectivity index (χ2v) is 3.82. The summed E-state index contributed by atoms with van der Waals surface area (Å²) in [5.74, 6) is 0. The van der Waals surface area contributed by atoms with Crippen molar-refractivity contribution in [3.63, 3.8) is 0 Å². The first-order chi connectivity index (χ1) is 8.15. The summed E-state index contributed by atoms with van der Waals surface area (Å²) < 4.78 is 0. The van der Waals surface area contributed by atoms with E-state index < -0.39 is 5.69 Å². The summed E-state index contributed by atoms with van der Waals surface area (Å²) in [4.78, 5) is 26.8. The molecule has 0 atom stereocenters. The van der Waals surface area contributed by atoms with Crippen LogP contribution < -0.4 is 16.6 Å². The van der Waals surface area contributed by atoms with Crippen molar-refractivity contribution in [1.82, 2.24) is 9.97 Å². The molecule has 0 amide bonds. The molecule has 3 N–H and O–H groups in total. The molecule has 0 saturated carbocycles. The van der Waals surface area contributed by atoms with E-state index in [-0.39, 0.29) is 5.56 Å². The van der Waals surface area contributed by atoms with E-state index in [0.717, 1.165) is 5.69 Å². The molecule has 0 unspecified atom stereocenters. The molecule has 0 spiro atoms. The Morgan fingerprint density at radius 1 is 1.18 bits per heavy atom. The normalized spacial score (nSPS) is 10.2. The SMILES string of the molecule is Cc1ccc(NCc2c[nH]c(=O)[nH]c2=O)cc1. The van der Waals surface area contributed by atoms with E-state index in [4.69, 9.17) is 0 Å². The van der Waals surface area contributed by atoms with Gasteiger partial charge >= 0.3 is 5.69 Å². The van der Waals surface area contributed by atoms with Crippen LogP contribution in [0.15, 0.2) is 40.1 Å². The second-order valence-electron chi connectivity index (χ2n) is 3.82. The van der Waals surface area contributed by atoms with Gasteiger partial charge in [0, 0.05) is 18.4 Å². The third-order valence-electron chi connectivity index (χ3n) is 2.43. The Bertz CT molecular complexity index is 611. The third kappa shape index (κ3) is 2.84. The van der Waals surface area contributed by atoms with E-state index in [1.165, 1.54) is 11.8 Å². The van der Waals surface area contributed by atoms with Gasteiger partial charge in [0.15, 0.2) is 0 Å². The van der Waals surface area contributed by atoms with Crippen LogP contribution in [0.25, 0.3) is 0 Å². The molecule has 5 heteroatoms. The highest BCUT2D eigenvalue weighted by molar-refractivity contribution is 5.44. The Morgan fingerprint density at radius 2 is 1.88 bits per heavy atom. The molecule has 0 aliphatic rings. The van der Waals surface area contributed by atoms with Crippen LogP contribution in [0.1, 0.15) is 11.1 Å². The number of aromatic nitrogens is 2. The lowest BCUT2D eigenvalue weighted by Gasteiger charge is -2.05. The van der Waals surface area contributed by atoms with E-state index >= 15 is 0 Å². The van der Waals surface area contributed by atoms with Crippen molar-refractivity contribution in [3.8, 4) is 0 Å². The number of aromatic amines is 2. The summed E-state index contributed by atoms with van der Waals surface area (Å²) in [7, 11) is 0. The van der Waals surface area contributed by atoms with Gasteiger partial charge in [-0.2, -0.15) is 0 Å². The van der Waals surface area contributed by atoms with Gasteiger partial charge in [0.25, 0.3) is 5.56 Å². The summed E-state index contributed by atoms with van der Waals surface area (Å²) in [6.07, 6.45) is 1.42. The van der Waals surface area contributed by atoms with Crippen molar-refractivity contribution in [2.75, 3.05) is 5.32 Å². The average Bonchev–Trinajstić information content (AvgIpc) is 2.30. The Morgan fingerprint density at radius 3 is 2.53 bits per heavy atom. The minimum atomic E-state index is -0.492. The van der Waals surface area contributed by atoms with Gasteiger partial charge in [-0.15, -0.1) is 0 Å². The molecule has 5 nitrogen and oxygen atoms in total. The van der Waals surface area contributed by atoms with Crippen LogP contribution in [0.5, 0.6) is 0 Å². The topological polar surface area (TPSA) is 77.8 Å². The molecule has 88 valence electrons. The second kappa shape index (κ2) is 4.69. The molecule has 0 bridgehead atoms. The Kier molecular flexibility index (Phi) is 3.09. The van der Waals surface area contributed by atoms with Crippen molar-refractivity contribution in [2.45, 2.75) is 13.5 Å². The van der Waals surface area contributed by atoms with Crippen LogP contribution in [-0.4, -0.2) is 9.97 Å². The number of nitrogens with one attached hydrogen (secondary N) is 3. The van der Waals surface area contributed by atoms with Gasteiger partial charge in [-0.3, -0.25) is 9.78 Å². The van der Waals surface area contributed by atoms with E-state index in [9.17, 15) is 9.59 Å². The van der Waals surface area contributed by atoms with Crippen LogP contribution in [-0.2, 0) is 6.54 Å². The van der Waals surface area contributed by atoms with Gasteiger partial charge in [0.1, 0.15) is 0 Å². The zero-order valence-electron chi connectivity index (χ0n) is 9.41. The summed E-state index contributed by atoms with van der Waals surface area (Å²) in [6.45, 7) is 2.38. The van der Waals surface area contributed by atoms with Gasteiger partial charge in [0.2, 0.25) is 0 Å². The molecule has 1 aromatic heterocycles. The maximum absolute atomic E-state index is 11.4. The number of aryl methyl sites for hydroxylation is 1. The average molecular weight is 231 g/mol. The van der Waals surface area contributed by atoms with Crippen molar-refractivity contribution in [3.05, 3.63) is 62.4 Å². The largest absolute Gasteiger partial charge is 0.381 e. The van der Waals surface area contributed by atoms with Gasteiger partial charge in [-0.1, -0.05) is 17.7 Å². The van der Waals surface area contributed by atoms with Gasteiger partial charge in [-0.25, -0.2) is 4.79 Å². The first-order valence-corrected chi connectivity index (χ1v) is 5.26. The smallest absolute Gasteiger partial charge is 0.325 e. The molecule has 1 aromatic carbocycles.